The Hall–Kier alpha value is -1.25. The van der Waals surface area contributed by atoms with Crippen molar-refractivity contribution >= 4 is 19.8 Å². The van der Waals surface area contributed by atoms with Crippen LogP contribution in [0.25, 0.3) is 0 Å². The van der Waals surface area contributed by atoms with Gasteiger partial charge < -0.3 is 20.1 Å². The van der Waals surface area contributed by atoms with Crippen LogP contribution in [-0.2, 0) is 32.7 Å². The largest absolute Gasteiger partial charge is 0.472 e. The fourth-order valence-electron chi connectivity index (χ4n) is 13.2. The lowest BCUT2D eigenvalue weighted by Crippen LogP contribution is -2.29. The van der Waals surface area contributed by atoms with Crippen molar-refractivity contribution in [2.45, 2.75) is 476 Å². The molecule has 0 aliphatic carbocycles. The van der Waals surface area contributed by atoms with Gasteiger partial charge in [0.05, 0.1) is 13.2 Å². The summed E-state index contributed by atoms with van der Waals surface area (Å²) in [6.07, 6.45) is 98.1. The second-order valence-electron chi connectivity index (χ2n) is 28.7. The molecule has 0 saturated carbocycles. The maximum absolute atomic E-state index is 12.8. The van der Waals surface area contributed by atoms with Crippen molar-refractivity contribution in [3.63, 3.8) is 0 Å². The van der Waals surface area contributed by atoms with Gasteiger partial charge in [0.25, 0.3) is 0 Å². The molecule has 0 spiro atoms. The summed E-state index contributed by atoms with van der Waals surface area (Å²) in [5.74, 6) is -0.796. The number of phosphoric ester groups is 1. The van der Waals surface area contributed by atoms with E-state index in [-0.39, 0.29) is 38.6 Å². The first-order valence-corrected chi connectivity index (χ1v) is 43.2. The quantitative estimate of drug-likeness (QED) is 0.0264. The van der Waals surface area contributed by atoms with E-state index in [4.69, 9.17) is 24.3 Å². The standard InChI is InChI=1S/C82H162NO8P/c1-3-5-7-9-11-13-15-17-19-21-23-25-27-29-31-33-35-37-38-39-40-41-43-44-46-48-50-52-54-56-58-60-62-64-66-68-70-72-74-81(84)88-78-80(79-90-92(86,87)89-77-76-83)91-82(85)75-73-71-69-67-65-63-61-59-57-55-53-51-49-47-45-42-36-34-32-30-28-26-24-22-20-18-16-14-12-10-8-6-4-2/h22,24,80H,3-21,23,25-79,83H2,1-2H3,(H,86,87)/b24-22-. The lowest BCUT2D eigenvalue weighted by molar-refractivity contribution is -0.161. The molecule has 0 heterocycles. The van der Waals surface area contributed by atoms with Gasteiger partial charge >= 0.3 is 19.8 Å². The summed E-state index contributed by atoms with van der Waals surface area (Å²) in [4.78, 5) is 35.5. The first-order valence-electron chi connectivity index (χ1n) is 41.7. The molecule has 3 N–H and O–H groups in total. The molecule has 0 aromatic carbocycles. The number of hydrogen-bond acceptors (Lipinski definition) is 8. The number of rotatable bonds is 81. The highest BCUT2D eigenvalue weighted by molar-refractivity contribution is 7.47. The smallest absolute Gasteiger partial charge is 0.462 e. The van der Waals surface area contributed by atoms with Gasteiger partial charge in [0.15, 0.2) is 6.10 Å². The first-order chi connectivity index (χ1) is 45.3. The second kappa shape index (κ2) is 78.7. The molecule has 10 heteroatoms. The van der Waals surface area contributed by atoms with Gasteiger partial charge in [-0.25, -0.2) is 4.57 Å². The number of esters is 2. The molecule has 0 rings (SSSR count). The third kappa shape index (κ3) is 77.8. The number of unbranched alkanes of at least 4 members (excludes halogenated alkanes) is 66. The van der Waals surface area contributed by atoms with E-state index in [2.05, 4.69) is 26.0 Å². The predicted octanol–water partition coefficient (Wildman–Crippen LogP) is 27.8. The van der Waals surface area contributed by atoms with Gasteiger partial charge in [-0.2, -0.15) is 0 Å². The number of carbonyl (C=O) groups is 2. The van der Waals surface area contributed by atoms with Crippen LogP contribution in [0.3, 0.4) is 0 Å². The summed E-state index contributed by atoms with van der Waals surface area (Å²) in [6, 6.07) is 0. The van der Waals surface area contributed by atoms with Gasteiger partial charge in [-0.1, -0.05) is 431 Å². The zero-order valence-electron chi connectivity index (χ0n) is 62.1. The highest BCUT2D eigenvalue weighted by Gasteiger charge is 2.26. The van der Waals surface area contributed by atoms with E-state index in [1.807, 2.05) is 0 Å². The van der Waals surface area contributed by atoms with E-state index in [0.717, 1.165) is 32.1 Å². The fraction of sp³-hybridized carbons (Fsp3) is 0.951. The van der Waals surface area contributed by atoms with Crippen molar-refractivity contribution in [2.75, 3.05) is 26.4 Å². The molecule has 2 unspecified atom stereocenters. The van der Waals surface area contributed by atoms with Gasteiger partial charge in [0.2, 0.25) is 0 Å². The fourth-order valence-corrected chi connectivity index (χ4v) is 14.0. The Morgan fingerprint density at radius 2 is 0.533 bits per heavy atom. The van der Waals surface area contributed by atoms with Crippen molar-refractivity contribution in [3.05, 3.63) is 12.2 Å². The first kappa shape index (κ1) is 90.8. The summed E-state index contributed by atoms with van der Waals surface area (Å²) >= 11 is 0. The van der Waals surface area contributed by atoms with E-state index < -0.39 is 26.5 Å². The van der Waals surface area contributed by atoms with Gasteiger partial charge in [0, 0.05) is 19.4 Å². The Balaban J connectivity index is 3.71. The summed E-state index contributed by atoms with van der Waals surface area (Å²) < 4.78 is 33.3. The van der Waals surface area contributed by atoms with Crippen LogP contribution in [0.5, 0.6) is 0 Å². The molecule has 548 valence electrons. The van der Waals surface area contributed by atoms with Crippen LogP contribution in [0.4, 0.5) is 0 Å². The van der Waals surface area contributed by atoms with Crippen LogP contribution in [0.1, 0.15) is 470 Å². The van der Waals surface area contributed by atoms with E-state index >= 15 is 0 Å². The maximum atomic E-state index is 12.8. The lowest BCUT2D eigenvalue weighted by atomic mass is 10.0. The third-order valence-electron chi connectivity index (χ3n) is 19.4. The van der Waals surface area contributed by atoms with Crippen molar-refractivity contribution in [3.8, 4) is 0 Å². The van der Waals surface area contributed by atoms with Crippen LogP contribution in [-0.4, -0.2) is 49.3 Å². The molecule has 0 bridgehead atoms. The minimum absolute atomic E-state index is 0.0581. The Morgan fingerprint density at radius 3 is 0.772 bits per heavy atom. The average molecular weight is 1320 g/mol. The van der Waals surface area contributed by atoms with Gasteiger partial charge in [-0.15, -0.1) is 0 Å². The zero-order chi connectivity index (χ0) is 66.5. The number of phosphoric acid groups is 1. The van der Waals surface area contributed by atoms with E-state index in [0.29, 0.717) is 6.42 Å². The van der Waals surface area contributed by atoms with Crippen molar-refractivity contribution in [2.24, 2.45) is 5.73 Å². The summed E-state index contributed by atoms with van der Waals surface area (Å²) in [5, 5.41) is 0. The van der Waals surface area contributed by atoms with Crippen molar-refractivity contribution in [1.29, 1.82) is 0 Å². The second-order valence-corrected chi connectivity index (χ2v) is 30.2. The third-order valence-corrected chi connectivity index (χ3v) is 20.4. The molecule has 0 aromatic rings. The molecule has 0 fully saturated rings. The molecule has 0 aliphatic rings. The van der Waals surface area contributed by atoms with Crippen LogP contribution in [0.2, 0.25) is 0 Å². The SMILES string of the molecule is CCCCCCCCCC/C=C\CCCCCCCCCCCCCCCCCCCCCCCC(=O)OC(COC(=O)CCCCCCCCCCCCCCCCCCCCCCCCCCCCCCCCCCCCCCCC)COP(=O)(O)OCCN. The Labute approximate surface area is 574 Å². The number of allylic oxidation sites excluding steroid dienone is 2. The monoisotopic (exact) mass is 1320 g/mol. The highest BCUT2D eigenvalue weighted by Crippen LogP contribution is 2.43. The van der Waals surface area contributed by atoms with E-state index in [1.54, 1.807) is 0 Å². The van der Waals surface area contributed by atoms with Crippen molar-refractivity contribution < 1.29 is 37.6 Å². The molecule has 9 nitrogen and oxygen atoms in total. The predicted molar refractivity (Wildman–Crippen MR) is 400 cm³/mol. The number of ether oxygens (including phenoxy) is 2. The number of hydrogen-bond donors (Lipinski definition) is 2. The van der Waals surface area contributed by atoms with Crippen LogP contribution in [0.15, 0.2) is 12.2 Å². The van der Waals surface area contributed by atoms with Gasteiger partial charge in [-0.3, -0.25) is 18.6 Å². The molecular formula is C82H162NO8P. The molecule has 0 radical (unpaired) electrons. The topological polar surface area (TPSA) is 134 Å². The summed E-state index contributed by atoms with van der Waals surface area (Å²) in [5.41, 5.74) is 5.42. The Morgan fingerprint density at radius 1 is 0.315 bits per heavy atom. The van der Waals surface area contributed by atoms with E-state index in [1.165, 1.54) is 405 Å². The molecule has 0 saturated heterocycles. The van der Waals surface area contributed by atoms with Crippen LogP contribution >= 0.6 is 7.82 Å². The molecule has 0 aromatic heterocycles. The summed E-state index contributed by atoms with van der Waals surface area (Å²) in [7, 11) is -4.39. The van der Waals surface area contributed by atoms with E-state index in [9.17, 15) is 19.0 Å². The molecule has 0 amide bonds. The molecular weight excluding hydrogens is 1160 g/mol. The maximum Gasteiger partial charge on any atom is 0.472 e. The van der Waals surface area contributed by atoms with Crippen LogP contribution in [0, 0.1) is 0 Å². The van der Waals surface area contributed by atoms with Gasteiger partial charge in [0.1, 0.15) is 6.61 Å². The number of carbonyl (C=O) groups excluding carboxylic acids is 2. The Kier molecular flexibility index (Phi) is 77.7. The minimum atomic E-state index is -4.39. The lowest BCUT2D eigenvalue weighted by Gasteiger charge is -2.19. The molecule has 2 atom stereocenters. The van der Waals surface area contributed by atoms with Crippen molar-refractivity contribution in [1.82, 2.24) is 0 Å². The molecule has 0 aliphatic heterocycles. The number of nitrogens with two attached hydrogens (primary N) is 1. The normalized spacial score (nSPS) is 12.8. The Bertz CT molecular complexity index is 1510. The highest BCUT2D eigenvalue weighted by atomic mass is 31.2. The van der Waals surface area contributed by atoms with Crippen LogP contribution < -0.4 is 5.73 Å². The van der Waals surface area contributed by atoms with Gasteiger partial charge in [-0.05, 0) is 38.5 Å². The minimum Gasteiger partial charge on any atom is -0.462 e. The zero-order valence-corrected chi connectivity index (χ0v) is 63.0. The average Bonchev–Trinajstić information content (AvgIpc) is 3.01. The molecule has 92 heavy (non-hydrogen) atoms. The summed E-state index contributed by atoms with van der Waals surface area (Å²) in [6.45, 7) is 3.85.